The molecule has 3 aliphatic rings. The number of fused-ring (bicyclic) bond motifs is 1. The Kier molecular flexibility index (Phi) is 9.58. The molecule has 5 atom stereocenters. The van der Waals surface area contributed by atoms with Crippen LogP contribution in [0.1, 0.15) is 105 Å². The third kappa shape index (κ3) is 6.65. The SMILES string of the molecule is C=C1CC[C@H](O[Si](C)(C)C(C)(C)C)C/C1=C/C=C1\CCC[C@]2(C)[C@@H]([C@H](C)CCCC(=O)OC)CC[C@@H]12. The van der Waals surface area contributed by atoms with Crippen molar-refractivity contribution in [3.05, 3.63) is 35.5 Å². The fourth-order valence-corrected chi connectivity index (χ4v) is 8.55. The van der Waals surface area contributed by atoms with Gasteiger partial charge in [-0.3, -0.25) is 4.79 Å². The first kappa shape index (κ1) is 29.4. The highest BCUT2D eigenvalue weighted by Crippen LogP contribution is 2.60. The molecular weight excluding hydrogens is 460 g/mol. The summed E-state index contributed by atoms with van der Waals surface area (Å²) in [6, 6.07) is 0. The molecule has 0 aromatic carbocycles. The van der Waals surface area contributed by atoms with E-state index in [4.69, 9.17) is 9.16 Å². The van der Waals surface area contributed by atoms with E-state index in [9.17, 15) is 4.79 Å². The van der Waals surface area contributed by atoms with Crippen molar-refractivity contribution in [1.82, 2.24) is 0 Å². The molecule has 4 heteroatoms. The second-order valence-electron chi connectivity index (χ2n) is 13.8. The fourth-order valence-electron chi connectivity index (χ4n) is 7.16. The molecule has 3 saturated carbocycles. The van der Waals surface area contributed by atoms with Gasteiger partial charge in [-0.25, -0.2) is 0 Å². The van der Waals surface area contributed by atoms with Crippen LogP contribution >= 0.6 is 0 Å². The first-order valence-corrected chi connectivity index (χ1v) is 17.5. The van der Waals surface area contributed by atoms with Crippen LogP contribution in [0.4, 0.5) is 0 Å². The third-order valence-electron chi connectivity index (χ3n) is 10.4. The maximum Gasteiger partial charge on any atom is 0.305 e. The number of esters is 1. The molecule has 3 nitrogen and oxygen atoms in total. The number of methoxy groups -OCH3 is 1. The Labute approximate surface area is 223 Å². The summed E-state index contributed by atoms with van der Waals surface area (Å²) in [7, 11) is -0.272. The van der Waals surface area contributed by atoms with Crippen molar-refractivity contribution in [2.75, 3.05) is 7.11 Å². The summed E-state index contributed by atoms with van der Waals surface area (Å²) in [5.41, 5.74) is 4.78. The monoisotopic (exact) mass is 514 g/mol. The molecule has 3 aliphatic carbocycles. The summed E-state index contributed by atoms with van der Waals surface area (Å²) >= 11 is 0. The van der Waals surface area contributed by atoms with Crippen molar-refractivity contribution in [3.8, 4) is 0 Å². The van der Waals surface area contributed by atoms with Gasteiger partial charge in [0.1, 0.15) is 0 Å². The molecule has 3 fully saturated rings. The van der Waals surface area contributed by atoms with E-state index in [-0.39, 0.29) is 11.0 Å². The van der Waals surface area contributed by atoms with Crippen molar-refractivity contribution in [1.29, 1.82) is 0 Å². The summed E-state index contributed by atoms with van der Waals surface area (Å²) in [5.74, 6) is 2.04. The quantitative estimate of drug-likeness (QED) is 0.239. The van der Waals surface area contributed by atoms with E-state index in [2.05, 4.69) is 66.4 Å². The number of rotatable bonds is 8. The molecule has 0 saturated heterocycles. The van der Waals surface area contributed by atoms with E-state index in [0.29, 0.717) is 29.8 Å². The average molecular weight is 515 g/mol. The van der Waals surface area contributed by atoms with Crippen LogP contribution in [0.3, 0.4) is 0 Å². The zero-order valence-corrected chi connectivity index (χ0v) is 25.7. The van der Waals surface area contributed by atoms with Crippen LogP contribution in [0.5, 0.6) is 0 Å². The minimum absolute atomic E-state index is 0.0742. The van der Waals surface area contributed by atoms with Gasteiger partial charge >= 0.3 is 5.97 Å². The molecule has 3 rings (SSSR count). The van der Waals surface area contributed by atoms with Gasteiger partial charge in [-0.2, -0.15) is 0 Å². The number of ether oxygens (including phenoxy) is 1. The minimum atomic E-state index is -1.76. The zero-order chi connectivity index (χ0) is 26.7. The first-order valence-electron chi connectivity index (χ1n) is 14.6. The number of carbonyl (C=O) groups excluding carboxylic acids is 1. The van der Waals surface area contributed by atoms with Crippen LogP contribution in [-0.2, 0) is 14.0 Å². The molecule has 0 spiro atoms. The number of carbonyl (C=O) groups is 1. The van der Waals surface area contributed by atoms with Gasteiger partial charge in [-0.1, -0.05) is 64.5 Å². The number of hydrogen-bond donors (Lipinski definition) is 0. The van der Waals surface area contributed by atoms with Crippen molar-refractivity contribution < 1.29 is 14.0 Å². The fraction of sp³-hybridized carbons (Fsp3) is 0.781. The second-order valence-corrected chi connectivity index (χ2v) is 18.6. The van der Waals surface area contributed by atoms with Crippen LogP contribution < -0.4 is 0 Å². The van der Waals surface area contributed by atoms with Gasteiger partial charge in [-0.05, 0) is 111 Å². The lowest BCUT2D eigenvalue weighted by Gasteiger charge is -2.44. The topological polar surface area (TPSA) is 35.5 Å². The Hall–Kier alpha value is -1.13. The highest BCUT2D eigenvalue weighted by atomic mass is 28.4. The Morgan fingerprint density at radius 2 is 1.92 bits per heavy atom. The van der Waals surface area contributed by atoms with E-state index in [1.54, 1.807) is 5.57 Å². The predicted octanol–water partition coefficient (Wildman–Crippen LogP) is 9.17. The van der Waals surface area contributed by atoms with Crippen molar-refractivity contribution in [2.45, 2.75) is 129 Å². The molecule has 0 aliphatic heterocycles. The zero-order valence-electron chi connectivity index (χ0n) is 24.7. The van der Waals surface area contributed by atoms with Crippen LogP contribution in [-0.4, -0.2) is 27.5 Å². The maximum atomic E-state index is 11.6. The van der Waals surface area contributed by atoms with E-state index in [0.717, 1.165) is 38.0 Å². The van der Waals surface area contributed by atoms with Crippen LogP contribution in [0.15, 0.2) is 35.5 Å². The lowest BCUT2D eigenvalue weighted by atomic mass is 9.60. The normalized spacial score (nSPS) is 32.6. The Bertz CT molecular complexity index is 861. The van der Waals surface area contributed by atoms with E-state index in [1.807, 2.05) is 0 Å². The molecule has 0 unspecified atom stereocenters. The summed E-state index contributed by atoms with van der Waals surface area (Å²) in [4.78, 5) is 11.6. The lowest BCUT2D eigenvalue weighted by molar-refractivity contribution is -0.140. The summed E-state index contributed by atoms with van der Waals surface area (Å²) in [6.07, 6.45) is 17.5. The Morgan fingerprint density at radius 1 is 1.19 bits per heavy atom. The Morgan fingerprint density at radius 3 is 2.58 bits per heavy atom. The van der Waals surface area contributed by atoms with E-state index in [1.165, 1.54) is 50.4 Å². The maximum absolute atomic E-state index is 11.6. The van der Waals surface area contributed by atoms with Gasteiger partial charge in [0.25, 0.3) is 0 Å². The third-order valence-corrected chi connectivity index (χ3v) is 15.0. The van der Waals surface area contributed by atoms with Crippen molar-refractivity contribution >= 4 is 14.3 Å². The standard InChI is InChI=1S/C32H54O3Si/c1-23-15-18-27(35-36(8,9)31(3,4)5)22-26(23)17-16-25-13-11-21-32(6)28(19-20-29(25)32)24(2)12-10-14-30(33)34-7/h16-17,24,27-29H,1,10-15,18-22H2,2-9H3/b25-16+,26-17-/t24-,27+,28-,29+,32-/m1/s1. The molecule has 204 valence electrons. The number of allylic oxidation sites excluding steroid dienone is 4. The largest absolute Gasteiger partial charge is 0.469 e. The lowest BCUT2D eigenvalue weighted by Crippen LogP contribution is -2.44. The van der Waals surface area contributed by atoms with Gasteiger partial charge in [0.15, 0.2) is 8.32 Å². The van der Waals surface area contributed by atoms with Gasteiger partial charge in [0, 0.05) is 12.5 Å². The van der Waals surface area contributed by atoms with E-state index >= 15 is 0 Å². The van der Waals surface area contributed by atoms with Crippen LogP contribution in [0, 0.1) is 23.2 Å². The van der Waals surface area contributed by atoms with Crippen LogP contribution in [0.25, 0.3) is 0 Å². The molecule has 0 N–H and O–H groups in total. The summed E-state index contributed by atoms with van der Waals surface area (Å²) in [5, 5.41) is 0.245. The summed E-state index contributed by atoms with van der Waals surface area (Å²) in [6.45, 7) is 21.1. The van der Waals surface area contributed by atoms with Crippen molar-refractivity contribution in [2.24, 2.45) is 23.2 Å². The second kappa shape index (κ2) is 11.7. The highest BCUT2D eigenvalue weighted by Gasteiger charge is 2.50. The molecule has 0 aromatic rings. The molecule has 36 heavy (non-hydrogen) atoms. The molecule has 0 heterocycles. The highest BCUT2D eigenvalue weighted by molar-refractivity contribution is 6.74. The first-order chi connectivity index (χ1) is 16.8. The Balaban J connectivity index is 1.68. The smallest absolute Gasteiger partial charge is 0.305 e. The van der Waals surface area contributed by atoms with E-state index < -0.39 is 8.32 Å². The molecular formula is C32H54O3Si. The van der Waals surface area contributed by atoms with Gasteiger partial charge in [-0.15, -0.1) is 0 Å². The molecule has 0 aromatic heterocycles. The molecule has 0 radical (unpaired) electrons. The van der Waals surface area contributed by atoms with Gasteiger partial charge < -0.3 is 9.16 Å². The minimum Gasteiger partial charge on any atom is -0.469 e. The molecule has 0 amide bonds. The predicted molar refractivity (Wildman–Crippen MR) is 154 cm³/mol. The summed E-state index contributed by atoms with van der Waals surface area (Å²) < 4.78 is 11.6. The van der Waals surface area contributed by atoms with Gasteiger partial charge in [0.2, 0.25) is 0 Å². The van der Waals surface area contributed by atoms with Crippen molar-refractivity contribution in [3.63, 3.8) is 0 Å². The average Bonchev–Trinajstić information content (AvgIpc) is 3.15. The van der Waals surface area contributed by atoms with Crippen LogP contribution in [0.2, 0.25) is 18.1 Å². The molecule has 0 bridgehead atoms. The van der Waals surface area contributed by atoms with Gasteiger partial charge in [0.05, 0.1) is 7.11 Å². The number of hydrogen-bond acceptors (Lipinski definition) is 3.